The first-order chi connectivity index (χ1) is 13.9. The first-order valence-corrected chi connectivity index (χ1v) is 8.88. The van der Waals surface area contributed by atoms with Gasteiger partial charge in [0.25, 0.3) is 0 Å². The zero-order valence-electron chi connectivity index (χ0n) is 15.3. The van der Waals surface area contributed by atoms with Gasteiger partial charge in [-0.1, -0.05) is 59.2 Å². The summed E-state index contributed by atoms with van der Waals surface area (Å²) in [6.07, 6.45) is -3.71. The van der Waals surface area contributed by atoms with E-state index in [1.165, 1.54) is 13.2 Å². The molecule has 150 valence electrons. The smallest absolute Gasteiger partial charge is 0.417 e. The fraction of sp³-hybridized carbons (Fsp3) is 0.143. The molecule has 0 spiro atoms. The van der Waals surface area contributed by atoms with Crippen molar-refractivity contribution in [2.45, 2.75) is 12.8 Å². The summed E-state index contributed by atoms with van der Waals surface area (Å²) in [6, 6.07) is 16.6. The Kier molecular flexibility index (Phi) is 6.39. The van der Waals surface area contributed by atoms with Gasteiger partial charge in [-0.3, -0.25) is 0 Å². The van der Waals surface area contributed by atoms with Crippen LogP contribution in [0.25, 0.3) is 0 Å². The molecule has 0 bridgehead atoms. The maximum absolute atomic E-state index is 12.7. The van der Waals surface area contributed by atoms with Crippen LogP contribution in [0, 0.1) is 0 Å². The van der Waals surface area contributed by atoms with Crippen LogP contribution < -0.4 is 4.74 Å². The summed E-state index contributed by atoms with van der Waals surface area (Å²) in [5, 5.41) is 4.62. The molecule has 0 N–H and O–H groups in total. The maximum atomic E-state index is 12.7. The van der Waals surface area contributed by atoms with Gasteiger partial charge >= 0.3 is 6.18 Å². The van der Waals surface area contributed by atoms with E-state index in [2.05, 4.69) is 10.1 Å². The van der Waals surface area contributed by atoms with E-state index in [4.69, 9.17) is 21.2 Å². The molecule has 0 aliphatic carbocycles. The highest BCUT2D eigenvalue weighted by Gasteiger charge is 2.30. The third-order valence-corrected chi connectivity index (χ3v) is 4.35. The standard InChI is InChI=1S/C21H16ClF3N2O2/c1-28-27-20(17-8-4-5-9-18(17)22)16-7-3-2-6-14(16)13-29-19-11-10-15(12-26-19)21(23,24)25/h2-12H,13H2,1H3/b27-20+. The lowest BCUT2D eigenvalue weighted by Gasteiger charge is -2.14. The molecule has 0 saturated carbocycles. The summed E-state index contributed by atoms with van der Waals surface area (Å²) < 4.78 is 43.6. The highest BCUT2D eigenvalue weighted by Crippen LogP contribution is 2.29. The van der Waals surface area contributed by atoms with Gasteiger partial charge in [0.15, 0.2) is 0 Å². The molecule has 0 fully saturated rings. The van der Waals surface area contributed by atoms with Gasteiger partial charge in [-0.25, -0.2) is 4.98 Å². The summed E-state index contributed by atoms with van der Waals surface area (Å²) >= 11 is 6.31. The van der Waals surface area contributed by atoms with Crippen molar-refractivity contribution in [3.05, 3.63) is 94.1 Å². The van der Waals surface area contributed by atoms with Crippen molar-refractivity contribution >= 4 is 17.3 Å². The number of benzene rings is 2. The Morgan fingerprint density at radius 3 is 2.31 bits per heavy atom. The molecule has 3 aromatic rings. The first kappa shape index (κ1) is 20.7. The average Bonchev–Trinajstić information content (AvgIpc) is 2.71. The van der Waals surface area contributed by atoms with Crippen molar-refractivity contribution in [2.75, 3.05) is 7.11 Å². The Morgan fingerprint density at radius 1 is 1.00 bits per heavy atom. The zero-order chi connectivity index (χ0) is 20.9. The van der Waals surface area contributed by atoms with Crippen LogP contribution >= 0.6 is 11.6 Å². The van der Waals surface area contributed by atoms with E-state index in [1.807, 2.05) is 42.5 Å². The number of oxime groups is 1. The normalized spacial score (nSPS) is 12.0. The number of ether oxygens (including phenoxy) is 1. The highest BCUT2D eigenvalue weighted by atomic mass is 35.5. The van der Waals surface area contributed by atoms with Crippen molar-refractivity contribution in [3.8, 4) is 5.88 Å². The molecule has 3 rings (SSSR count). The molecular formula is C21H16ClF3N2O2. The SMILES string of the molecule is CO/N=C(/c1ccccc1Cl)c1ccccc1COc1ccc(C(F)(F)F)cn1. The molecule has 1 heterocycles. The van der Waals surface area contributed by atoms with Crippen LogP contribution in [0.3, 0.4) is 0 Å². The van der Waals surface area contributed by atoms with Gasteiger partial charge in [0.1, 0.15) is 19.4 Å². The molecule has 0 unspecified atom stereocenters. The first-order valence-electron chi connectivity index (χ1n) is 8.50. The van der Waals surface area contributed by atoms with Gasteiger partial charge in [-0.15, -0.1) is 0 Å². The summed E-state index contributed by atoms with van der Waals surface area (Å²) in [4.78, 5) is 8.73. The zero-order valence-corrected chi connectivity index (χ0v) is 16.0. The van der Waals surface area contributed by atoms with E-state index in [0.717, 1.165) is 23.4 Å². The summed E-state index contributed by atoms with van der Waals surface area (Å²) in [7, 11) is 1.43. The summed E-state index contributed by atoms with van der Waals surface area (Å²) in [5.74, 6) is 0.0794. The fourth-order valence-corrected chi connectivity index (χ4v) is 2.88. The van der Waals surface area contributed by atoms with Gasteiger partial charge in [0.05, 0.1) is 10.6 Å². The number of nitrogens with zero attached hydrogens (tertiary/aromatic N) is 2. The van der Waals surface area contributed by atoms with E-state index in [-0.39, 0.29) is 12.5 Å². The second-order valence-corrected chi connectivity index (χ2v) is 6.34. The minimum Gasteiger partial charge on any atom is -0.473 e. The summed E-state index contributed by atoms with van der Waals surface area (Å²) in [5.41, 5.74) is 1.81. The minimum atomic E-state index is -4.45. The third kappa shape index (κ3) is 5.06. The van der Waals surface area contributed by atoms with Gasteiger partial charge in [0.2, 0.25) is 5.88 Å². The lowest BCUT2D eigenvalue weighted by atomic mass is 9.98. The third-order valence-electron chi connectivity index (χ3n) is 4.02. The second-order valence-electron chi connectivity index (χ2n) is 5.93. The number of pyridine rings is 1. The van der Waals surface area contributed by atoms with Gasteiger partial charge < -0.3 is 9.57 Å². The molecule has 0 atom stereocenters. The van der Waals surface area contributed by atoms with E-state index in [1.54, 1.807) is 6.07 Å². The Balaban J connectivity index is 1.87. The summed E-state index contributed by atoms with van der Waals surface area (Å²) in [6.45, 7) is 0.0712. The molecule has 4 nitrogen and oxygen atoms in total. The number of hydrogen-bond acceptors (Lipinski definition) is 4. The Hall–Kier alpha value is -3.06. The van der Waals surface area contributed by atoms with Crippen molar-refractivity contribution in [1.29, 1.82) is 0 Å². The van der Waals surface area contributed by atoms with Crippen LogP contribution in [0.5, 0.6) is 5.88 Å². The van der Waals surface area contributed by atoms with Crippen molar-refractivity contribution in [1.82, 2.24) is 4.98 Å². The molecule has 0 radical (unpaired) electrons. The molecule has 0 aliphatic heterocycles. The fourth-order valence-electron chi connectivity index (χ4n) is 2.65. The minimum absolute atomic E-state index is 0.0712. The number of halogens is 4. The molecule has 1 aromatic heterocycles. The molecule has 2 aromatic carbocycles. The number of hydrogen-bond donors (Lipinski definition) is 0. The average molecular weight is 421 g/mol. The molecule has 29 heavy (non-hydrogen) atoms. The van der Waals surface area contributed by atoms with Crippen LogP contribution in [-0.2, 0) is 17.6 Å². The van der Waals surface area contributed by atoms with Crippen molar-refractivity contribution in [3.63, 3.8) is 0 Å². The number of alkyl halides is 3. The van der Waals surface area contributed by atoms with Crippen molar-refractivity contribution in [2.24, 2.45) is 5.16 Å². The van der Waals surface area contributed by atoms with Crippen LogP contribution in [0.15, 0.2) is 72.0 Å². The molecule has 0 saturated heterocycles. The van der Waals surface area contributed by atoms with E-state index in [9.17, 15) is 13.2 Å². The molecular weight excluding hydrogens is 405 g/mol. The molecule has 0 aliphatic rings. The van der Waals surface area contributed by atoms with Crippen LogP contribution in [0.4, 0.5) is 13.2 Å². The van der Waals surface area contributed by atoms with Gasteiger partial charge in [-0.2, -0.15) is 13.2 Å². The van der Waals surface area contributed by atoms with Crippen LogP contribution in [0.1, 0.15) is 22.3 Å². The van der Waals surface area contributed by atoms with E-state index >= 15 is 0 Å². The molecule has 0 amide bonds. The van der Waals surface area contributed by atoms with E-state index < -0.39 is 11.7 Å². The molecule has 8 heteroatoms. The second kappa shape index (κ2) is 8.96. The lowest BCUT2D eigenvalue weighted by molar-refractivity contribution is -0.137. The maximum Gasteiger partial charge on any atom is 0.417 e. The predicted octanol–water partition coefficient (Wildman–Crippen LogP) is 5.73. The topological polar surface area (TPSA) is 43.7 Å². The monoisotopic (exact) mass is 420 g/mol. The number of rotatable bonds is 6. The number of aromatic nitrogens is 1. The largest absolute Gasteiger partial charge is 0.473 e. The Labute approximate surface area is 170 Å². The van der Waals surface area contributed by atoms with Crippen LogP contribution in [-0.4, -0.2) is 17.8 Å². The Morgan fingerprint density at radius 2 is 1.69 bits per heavy atom. The van der Waals surface area contributed by atoms with E-state index in [0.29, 0.717) is 16.3 Å². The van der Waals surface area contributed by atoms with Gasteiger partial charge in [-0.05, 0) is 17.7 Å². The van der Waals surface area contributed by atoms with Crippen LogP contribution in [0.2, 0.25) is 5.02 Å². The van der Waals surface area contributed by atoms with Gasteiger partial charge in [0, 0.05) is 23.4 Å². The predicted molar refractivity (Wildman–Crippen MR) is 104 cm³/mol. The van der Waals surface area contributed by atoms with Crippen molar-refractivity contribution < 1.29 is 22.7 Å². The highest BCUT2D eigenvalue weighted by molar-refractivity contribution is 6.35. The Bertz CT molecular complexity index is 1010. The quantitative estimate of drug-likeness (QED) is 0.378. The lowest BCUT2D eigenvalue weighted by Crippen LogP contribution is -2.10.